The zero-order valence-electron chi connectivity index (χ0n) is 8.32. The van der Waals surface area contributed by atoms with Crippen molar-refractivity contribution in [2.75, 3.05) is 6.61 Å². The minimum Gasteiger partial charge on any atom is -0.373 e. The molecule has 1 aliphatic rings. The van der Waals surface area contributed by atoms with Gasteiger partial charge in [0.2, 0.25) is 0 Å². The molecule has 2 heterocycles. The van der Waals surface area contributed by atoms with Crippen molar-refractivity contribution in [2.24, 2.45) is 0 Å². The number of carbonyl (C=O) groups excluding carboxylic acids is 1. The second-order valence-corrected chi connectivity index (χ2v) is 3.47. The van der Waals surface area contributed by atoms with Crippen LogP contribution in [0.15, 0.2) is 6.07 Å². The van der Waals surface area contributed by atoms with Gasteiger partial charge >= 0.3 is 0 Å². The minimum absolute atomic E-state index is 0.134. The number of nitrogens with zero attached hydrogens (tertiary/aromatic N) is 2. The predicted octanol–water partition coefficient (Wildman–Crippen LogP) is 1.40. The number of Topliss-reactive ketones (excluding diaryl/α,β-unsaturated/α-hetero) is 1. The second kappa shape index (κ2) is 3.92. The van der Waals surface area contributed by atoms with Crippen LogP contribution in [0.2, 0.25) is 0 Å². The maximum Gasteiger partial charge on any atom is 0.183 e. The smallest absolute Gasteiger partial charge is 0.183 e. The van der Waals surface area contributed by atoms with Crippen LogP contribution < -0.4 is 0 Å². The van der Waals surface area contributed by atoms with E-state index in [1.165, 1.54) is 0 Å². The molecule has 0 unspecified atom stereocenters. The van der Waals surface area contributed by atoms with Crippen molar-refractivity contribution in [2.45, 2.75) is 32.9 Å². The van der Waals surface area contributed by atoms with Crippen molar-refractivity contribution < 1.29 is 9.53 Å². The summed E-state index contributed by atoms with van der Waals surface area (Å²) >= 11 is 0. The molecule has 0 aromatic carbocycles. The zero-order valence-corrected chi connectivity index (χ0v) is 8.32. The molecule has 1 aliphatic heterocycles. The molecule has 0 saturated carbocycles. The molecule has 2 rings (SSSR count). The third kappa shape index (κ3) is 1.70. The Morgan fingerprint density at radius 1 is 1.71 bits per heavy atom. The van der Waals surface area contributed by atoms with Gasteiger partial charge in [-0.2, -0.15) is 5.10 Å². The van der Waals surface area contributed by atoms with E-state index in [2.05, 4.69) is 5.10 Å². The van der Waals surface area contributed by atoms with Crippen molar-refractivity contribution in [3.8, 4) is 0 Å². The van der Waals surface area contributed by atoms with Crippen LogP contribution in [0.5, 0.6) is 0 Å². The first-order chi connectivity index (χ1) is 6.81. The third-order valence-electron chi connectivity index (χ3n) is 2.32. The van der Waals surface area contributed by atoms with Crippen LogP contribution in [0, 0.1) is 0 Å². The topological polar surface area (TPSA) is 44.1 Å². The van der Waals surface area contributed by atoms with E-state index in [0.29, 0.717) is 25.3 Å². The molecule has 1 aromatic heterocycles. The quantitative estimate of drug-likeness (QED) is 0.683. The average Bonchev–Trinajstić information content (AvgIpc) is 2.61. The molecule has 0 aliphatic carbocycles. The van der Waals surface area contributed by atoms with Crippen molar-refractivity contribution in [3.63, 3.8) is 0 Å². The van der Waals surface area contributed by atoms with E-state index in [1.54, 1.807) is 0 Å². The second-order valence-electron chi connectivity index (χ2n) is 3.47. The van der Waals surface area contributed by atoms with E-state index < -0.39 is 0 Å². The van der Waals surface area contributed by atoms with Gasteiger partial charge in [-0.1, -0.05) is 6.92 Å². The molecule has 76 valence electrons. The van der Waals surface area contributed by atoms with Crippen molar-refractivity contribution in [1.29, 1.82) is 0 Å². The molecule has 1 aromatic rings. The summed E-state index contributed by atoms with van der Waals surface area (Å²) in [7, 11) is 0. The molecule has 0 saturated heterocycles. The Morgan fingerprint density at radius 2 is 2.57 bits per heavy atom. The lowest BCUT2D eigenvalue weighted by Crippen LogP contribution is -2.17. The number of hydrogen-bond donors (Lipinski definition) is 0. The lowest BCUT2D eigenvalue weighted by Gasteiger charge is -2.12. The van der Waals surface area contributed by atoms with Crippen molar-refractivity contribution in [3.05, 3.63) is 17.5 Å². The molecule has 0 fully saturated rings. The van der Waals surface area contributed by atoms with Crippen LogP contribution in [0.3, 0.4) is 0 Å². The minimum atomic E-state index is 0.134. The fraction of sp³-hybridized carbons (Fsp3) is 0.600. The average molecular weight is 194 g/mol. The summed E-state index contributed by atoms with van der Waals surface area (Å²) in [5.74, 6) is 0.134. The van der Waals surface area contributed by atoms with E-state index in [0.717, 1.165) is 18.7 Å². The first-order valence-corrected chi connectivity index (χ1v) is 4.99. The number of rotatable bonds is 3. The Labute approximate surface area is 82.9 Å². The predicted molar refractivity (Wildman–Crippen MR) is 51.1 cm³/mol. The van der Waals surface area contributed by atoms with Crippen LogP contribution in [0.25, 0.3) is 0 Å². The monoisotopic (exact) mass is 194 g/mol. The normalized spacial score (nSPS) is 15.2. The molecular weight excluding hydrogens is 180 g/mol. The van der Waals surface area contributed by atoms with Gasteiger partial charge in [-0.15, -0.1) is 0 Å². The molecule has 0 N–H and O–H groups in total. The summed E-state index contributed by atoms with van der Waals surface area (Å²) in [5, 5.41) is 4.26. The van der Waals surface area contributed by atoms with Gasteiger partial charge in [0, 0.05) is 6.42 Å². The molecule has 0 bridgehead atoms. The number of aromatic nitrogens is 2. The highest BCUT2D eigenvalue weighted by Crippen LogP contribution is 2.12. The van der Waals surface area contributed by atoms with Gasteiger partial charge in [-0.3, -0.25) is 9.48 Å². The molecule has 0 amide bonds. The molecule has 0 spiro atoms. The van der Waals surface area contributed by atoms with Gasteiger partial charge < -0.3 is 4.74 Å². The van der Waals surface area contributed by atoms with Crippen LogP contribution in [-0.2, 0) is 17.9 Å². The van der Waals surface area contributed by atoms with E-state index in [1.807, 2.05) is 17.7 Å². The lowest BCUT2D eigenvalue weighted by molar-refractivity contribution is 0.0798. The Hall–Kier alpha value is -1.16. The number of fused-ring (bicyclic) bond motifs is 1. The zero-order chi connectivity index (χ0) is 9.97. The Kier molecular flexibility index (Phi) is 2.63. The van der Waals surface area contributed by atoms with E-state index in [-0.39, 0.29) is 5.78 Å². The summed E-state index contributed by atoms with van der Waals surface area (Å²) in [6.45, 7) is 4.02. The Morgan fingerprint density at radius 3 is 3.29 bits per heavy atom. The number of hydrogen-bond acceptors (Lipinski definition) is 3. The maximum atomic E-state index is 11.5. The van der Waals surface area contributed by atoms with Gasteiger partial charge in [-0.25, -0.2) is 0 Å². The molecule has 14 heavy (non-hydrogen) atoms. The summed E-state index contributed by atoms with van der Waals surface area (Å²) in [6.07, 6.45) is 1.45. The van der Waals surface area contributed by atoms with Gasteiger partial charge in [0.05, 0.1) is 25.5 Å². The van der Waals surface area contributed by atoms with Crippen LogP contribution >= 0.6 is 0 Å². The van der Waals surface area contributed by atoms with Crippen molar-refractivity contribution in [1.82, 2.24) is 9.78 Å². The largest absolute Gasteiger partial charge is 0.373 e. The third-order valence-corrected chi connectivity index (χ3v) is 2.32. The summed E-state index contributed by atoms with van der Waals surface area (Å²) in [5.41, 5.74) is 1.60. The molecule has 4 heteroatoms. The summed E-state index contributed by atoms with van der Waals surface area (Å²) < 4.78 is 7.14. The van der Waals surface area contributed by atoms with Crippen LogP contribution in [-0.4, -0.2) is 22.2 Å². The number of ketones is 1. The van der Waals surface area contributed by atoms with Gasteiger partial charge in [0.15, 0.2) is 5.78 Å². The van der Waals surface area contributed by atoms with Crippen molar-refractivity contribution >= 4 is 5.78 Å². The Balaban J connectivity index is 2.19. The molecule has 4 nitrogen and oxygen atoms in total. The molecule has 0 atom stereocenters. The van der Waals surface area contributed by atoms with Crippen LogP contribution in [0.1, 0.15) is 35.9 Å². The molecule has 0 radical (unpaired) electrons. The fourth-order valence-electron chi connectivity index (χ4n) is 1.58. The van der Waals surface area contributed by atoms with E-state index >= 15 is 0 Å². The van der Waals surface area contributed by atoms with E-state index in [4.69, 9.17) is 4.74 Å². The standard InChI is InChI=1S/C10H14N2O2/c1-2-3-10(13)9-6-8-7-14-5-4-12(8)11-9/h6H,2-5,7H2,1H3. The number of carbonyl (C=O) groups is 1. The SMILES string of the molecule is CCCC(=O)c1cc2n(n1)CCOC2. The highest BCUT2D eigenvalue weighted by atomic mass is 16.5. The highest BCUT2D eigenvalue weighted by Gasteiger charge is 2.15. The Bertz CT molecular complexity index is 320. The maximum absolute atomic E-state index is 11.5. The van der Waals surface area contributed by atoms with E-state index in [9.17, 15) is 4.79 Å². The summed E-state index contributed by atoms with van der Waals surface area (Å²) in [6, 6.07) is 1.84. The van der Waals surface area contributed by atoms with Crippen LogP contribution in [0.4, 0.5) is 0 Å². The lowest BCUT2D eigenvalue weighted by atomic mass is 10.2. The fourth-order valence-corrected chi connectivity index (χ4v) is 1.58. The molecular formula is C10H14N2O2. The van der Waals surface area contributed by atoms with Gasteiger partial charge in [-0.05, 0) is 12.5 Å². The highest BCUT2D eigenvalue weighted by molar-refractivity contribution is 5.94. The number of ether oxygens (including phenoxy) is 1. The first-order valence-electron chi connectivity index (χ1n) is 4.99. The van der Waals surface area contributed by atoms with Gasteiger partial charge in [0.25, 0.3) is 0 Å². The van der Waals surface area contributed by atoms with Gasteiger partial charge in [0.1, 0.15) is 5.69 Å². The summed E-state index contributed by atoms with van der Waals surface area (Å²) in [4.78, 5) is 11.5. The first kappa shape index (κ1) is 9.40.